The number of halogens is 1. The van der Waals surface area contributed by atoms with E-state index in [0.29, 0.717) is 25.4 Å². The molecular weight excluding hydrogens is 386 g/mol. The number of rotatable bonds is 8. The highest BCUT2D eigenvalue weighted by molar-refractivity contribution is 8.01. The summed E-state index contributed by atoms with van der Waals surface area (Å²) in [4.78, 5) is 19.2. The predicted octanol–water partition coefficient (Wildman–Crippen LogP) is 4.19. The molecule has 7 heteroatoms. The van der Waals surface area contributed by atoms with E-state index in [4.69, 9.17) is 5.73 Å². The maximum atomic E-state index is 12.7. The summed E-state index contributed by atoms with van der Waals surface area (Å²) in [6.07, 6.45) is 0.810. The highest BCUT2D eigenvalue weighted by atomic mass is 35.5. The molecule has 3 rings (SSSR count). The Balaban J connectivity index is 0.00000243. The van der Waals surface area contributed by atoms with Gasteiger partial charge in [0.1, 0.15) is 0 Å². The van der Waals surface area contributed by atoms with Gasteiger partial charge in [-0.25, -0.2) is 4.98 Å². The summed E-state index contributed by atoms with van der Waals surface area (Å²) >= 11 is 3.15. The molecule has 0 radical (unpaired) electrons. The van der Waals surface area contributed by atoms with Gasteiger partial charge in [0, 0.05) is 13.1 Å². The van der Waals surface area contributed by atoms with Gasteiger partial charge in [-0.3, -0.25) is 4.79 Å². The second-order valence-electron chi connectivity index (χ2n) is 5.68. The first-order valence-electron chi connectivity index (χ1n) is 8.26. The van der Waals surface area contributed by atoms with Crippen molar-refractivity contribution in [2.24, 2.45) is 5.73 Å². The smallest absolute Gasteiger partial charge is 0.233 e. The summed E-state index contributed by atoms with van der Waals surface area (Å²) in [6, 6.07) is 18.1. The minimum absolute atomic E-state index is 0. The van der Waals surface area contributed by atoms with Gasteiger partial charge >= 0.3 is 0 Å². The summed E-state index contributed by atoms with van der Waals surface area (Å²) in [5.41, 5.74) is 7.76. The molecular formula is C19H22ClN3OS2. The number of hydrogen-bond acceptors (Lipinski definition) is 5. The van der Waals surface area contributed by atoms with Crippen molar-refractivity contribution in [3.05, 3.63) is 60.2 Å². The third kappa shape index (κ3) is 5.71. The van der Waals surface area contributed by atoms with Crippen LogP contribution in [0.4, 0.5) is 0 Å². The first-order valence-corrected chi connectivity index (χ1v) is 10.1. The van der Waals surface area contributed by atoms with Crippen LogP contribution in [0.5, 0.6) is 0 Å². The van der Waals surface area contributed by atoms with Gasteiger partial charge in [0.25, 0.3) is 0 Å². The molecule has 138 valence electrons. The van der Waals surface area contributed by atoms with E-state index in [9.17, 15) is 4.79 Å². The van der Waals surface area contributed by atoms with E-state index in [2.05, 4.69) is 11.1 Å². The van der Waals surface area contributed by atoms with Crippen molar-refractivity contribution in [3.8, 4) is 0 Å². The van der Waals surface area contributed by atoms with Crippen LogP contribution in [0.25, 0.3) is 10.2 Å². The molecule has 0 aliphatic heterocycles. The lowest BCUT2D eigenvalue weighted by molar-refractivity contribution is -0.129. The summed E-state index contributed by atoms with van der Waals surface area (Å²) < 4.78 is 2.09. The van der Waals surface area contributed by atoms with E-state index < -0.39 is 0 Å². The molecule has 0 saturated heterocycles. The average molecular weight is 408 g/mol. The third-order valence-electron chi connectivity index (χ3n) is 3.79. The quantitative estimate of drug-likeness (QED) is 0.569. The molecule has 0 bridgehead atoms. The lowest BCUT2D eigenvalue weighted by atomic mass is 10.2. The van der Waals surface area contributed by atoms with Gasteiger partial charge in [0.2, 0.25) is 5.91 Å². The third-order valence-corrected chi connectivity index (χ3v) is 5.96. The number of aromatic nitrogens is 1. The molecule has 1 heterocycles. The zero-order chi connectivity index (χ0) is 17.5. The number of nitrogens with zero attached hydrogens (tertiary/aromatic N) is 2. The SMILES string of the molecule is Cl.NCCCN(Cc1ccccc1)C(=O)CSc1nc2ccccc2s1. The monoisotopic (exact) mass is 407 g/mol. The van der Waals surface area contributed by atoms with E-state index in [0.717, 1.165) is 26.5 Å². The average Bonchev–Trinajstić information content (AvgIpc) is 3.07. The highest BCUT2D eigenvalue weighted by Gasteiger charge is 2.15. The van der Waals surface area contributed by atoms with Crippen molar-refractivity contribution >= 4 is 51.6 Å². The minimum Gasteiger partial charge on any atom is -0.338 e. The maximum Gasteiger partial charge on any atom is 0.233 e. The normalized spacial score (nSPS) is 10.5. The molecule has 0 fully saturated rings. The van der Waals surface area contributed by atoms with Gasteiger partial charge in [-0.2, -0.15) is 0 Å². The summed E-state index contributed by atoms with van der Waals surface area (Å²) in [6.45, 7) is 1.90. The number of carbonyl (C=O) groups excluding carboxylic acids is 1. The van der Waals surface area contributed by atoms with E-state index in [1.807, 2.05) is 53.4 Å². The Morgan fingerprint density at radius 2 is 1.85 bits per heavy atom. The van der Waals surface area contributed by atoms with E-state index >= 15 is 0 Å². The Morgan fingerprint density at radius 1 is 1.12 bits per heavy atom. The summed E-state index contributed by atoms with van der Waals surface area (Å²) in [5, 5.41) is 0. The molecule has 0 aliphatic rings. The Morgan fingerprint density at radius 3 is 2.58 bits per heavy atom. The van der Waals surface area contributed by atoms with Crippen LogP contribution in [-0.2, 0) is 11.3 Å². The van der Waals surface area contributed by atoms with E-state index in [1.165, 1.54) is 11.8 Å². The number of thiazole rings is 1. The van der Waals surface area contributed by atoms with Gasteiger partial charge in [0.05, 0.1) is 16.0 Å². The molecule has 4 nitrogen and oxygen atoms in total. The molecule has 0 spiro atoms. The van der Waals surface area contributed by atoms with Crippen molar-refractivity contribution in [2.45, 2.75) is 17.3 Å². The van der Waals surface area contributed by atoms with Crippen molar-refractivity contribution in [2.75, 3.05) is 18.8 Å². The summed E-state index contributed by atoms with van der Waals surface area (Å²) in [7, 11) is 0. The van der Waals surface area contributed by atoms with Crippen LogP contribution >= 0.6 is 35.5 Å². The van der Waals surface area contributed by atoms with Crippen LogP contribution in [0, 0.1) is 0 Å². The minimum atomic E-state index is 0. The van der Waals surface area contributed by atoms with E-state index in [1.54, 1.807) is 11.3 Å². The number of benzene rings is 2. The van der Waals surface area contributed by atoms with Gasteiger partial charge in [0.15, 0.2) is 4.34 Å². The zero-order valence-corrected chi connectivity index (χ0v) is 16.8. The maximum absolute atomic E-state index is 12.7. The van der Waals surface area contributed by atoms with Crippen LogP contribution in [0.15, 0.2) is 58.9 Å². The number of para-hydroxylation sites is 1. The van der Waals surface area contributed by atoms with Crippen molar-refractivity contribution in [1.29, 1.82) is 0 Å². The number of amides is 1. The highest BCUT2D eigenvalue weighted by Crippen LogP contribution is 2.29. The van der Waals surface area contributed by atoms with Crippen LogP contribution in [0.2, 0.25) is 0 Å². The first-order chi connectivity index (χ1) is 12.3. The Bertz CT molecular complexity index is 793. The Kier molecular flexibility index (Phi) is 8.38. The van der Waals surface area contributed by atoms with E-state index in [-0.39, 0.29) is 18.3 Å². The molecule has 0 aliphatic carbocycles. The van der Waals surface area contributed by atoms with Crippen LogP contribution in [0.1, 0.15) is 12.0 Å². The topological polar surface area (TPSA) is 59.2 Å². The fourth-order valence-corrected chi connectivity index (χ4v) is 4.48. The lowest BCUT2D eigenvalue weighted by Crippen LogP contribution is -2.33. The molecule has 1 aromatic heterocycles. The number of thioether (sulfide) groups is 1. The Hall–Kier alpha value is -1.60. The molecule has 3 aromatic rings. The number of fused-ring (bicyclic) bond motifs is 1. The van der Waals surface area contributed by atoms with Gasteiger partial charge in [-0.15, -0.1) is 23.7 Å². The van der Waals surface area contributed by atoms with Crippen LogP contribution in [-0.4, -0.2) is 34.6 Å². The first kappa shape index (κ1) is 20.7. The van der Waals surface area contributed by atoms with Gasteiger partial charge < -0.3 is 10.6 Å². The second-order valence-corrected chi connectivity index (χ2v) is 7.93. The van der Waals surface area contributed by atoms with Crippen LogP contribution in [0.3, 0.4) is 0 Å². The molecule has 26 heavy (non-hydrogen) atoms. The lowest BCUT2D eigenvalue weighted by Gasteiger charge is -2.22. The van der Waals surface area contributed by atoms with Crippen molar-refractivity contribution < 1.29 is 4.79 Å². The number of carbonyl (C=O) groups is 1. The fraction of sp³-hybridized carbons (Fsp3) is 0.263. The van der Waals surface area contributed by atoms with Gasteiger partial charge in [-0.1, -0.05) is 54.2 Å². The molecule has 0 atom stereocenters. The number of hydrogen-bond donors (Lipinski definition) is 1. The Labute approximate surface area is 168 Å². The molecule has 1 amide bonds. The van der Waals surface area contributed by atoms with Crippen molar-refractivity contribution in [3.63, 3.8) is 0 Å². The fourth-order valence-electron chi connectivity index (χ4n) is 2.51. The zero-order valence-electron chi connectivity index (χ0n) is 14.3. The van der Waals surface area contributed by atoms with Crippen LogP contribution < -0.4 is 5.73 Å². The van der Waals surface area contributed by atoms with Crippen molar-refractivity contribution in [1.82, 2.24) is 9.88 Å². The van der Waals surface area contributed by atoms with Gasteiger partial charge in [-0.05, 0) is 30.7 Å². The predicted molar refractivity (Wildman–Crippen MR) is 113 cm³/mol. The summed E-state index contributed by atoms with van der Waals surface area (Å²) in [5.74, 6) is 0.526. The standard InChI is InChI=1S/C19H21N3OS2.ClH/c20-11-6-12-22(13-15-7-2-1-3-8-15)18(23)14-24-19-21-16-9-4-5-10-17(16)25-19;/h1-5,7-10H,6,11-14,20H2;1H. The largest absolute Gasteiger partial charge is 0.338 e. The molecule has 0 unspecified atom stereocenters. The molecule has 2 aromatic carbocycles. The molecule has 0 saturated carbocycles. The second kappa shape index (κ2) is 10.5. The molecule has 2 N–H and O–H groups in total. The number of nitrogens with two attached hydrogens (primary N) is 1.